The summed E-state index contributed by atoms with van der Waals surface area (Å²) < 4.78 is 20.0. The Morgan fingerprint density at radius 2 is 2.20 bits per heavy atom. The standard InChI is InChI=1S/C16H25FN2O/c1-4-13(18)9-12-5-6-15(14(17)10-12)19-7-8-20-16(2,3)11-19/h5-6,10,13H,4,7-9,11,18H2,1-3H3. The number of hydrogen-bond donors (Lipinski definition) is 1. The highest BCUT2D eigenvalue weighted by Gasteiger charge is 2.28. The molecular formula is C16H25FN2O. The molecule has 1 fully saturated rings. The van der Waals surface area contributed by atoms with Gasteiger partial charge < -0.3 is 15.4 Å². The van der Waals surface area contributed by atoms with Gasteiger partial charge in [-0.3, -0.25) is 0 Å². The van der Waals surface area contributed by atoms with E-state index in [1.54, 1.807) is 6.07 Å². The summed E-state index contributed by atoms with van der Waals surface area (Å²) in [6.07, 6.45) is 1.63. The number of benzene rings is 1. The van der Waals surface area contributed by atoms with E-state index in [4.69, 9.17) is 10.5 Å². The maximum absolute atomic E-state index is 14.3. The quantitative estimate of drug-likeness (QED) is 0.921. The van der Waals surface area contributed by atoms with Crippen LogP contribution in [0.5, 0.6) is 0 Å². The van der Waals surface area contributed by atoms with E-state index >= 15 is 0 Å². The number of ether oxygens (including phenoxy) is 1. The van der Waals surface area contributed by atoms with Crippen molar-refractivity contribution in [1.82, 2.24) is 0 Å². The number of hydrogen-bond acceptors (Lipinski definition) is 3. The molecule has 1 unspecified atom stereocenters. The van der Waals surface area contributed by atoms with Crippen LogP contribution in [0.25, 0.3) is 0 Å². The number of rotatable bonds is 4. The predicted octanol–water partition coefficient (Wildman–Crippen LogP) is 2.72. The zero-order chi connectivity index (χ0) is 14.8. The van der Waals surface area contributed by atoms with Crippen molar-refractivity contribution in [2.24, 2.45) is 5.73 Å². The van der Waals surface area contributed by atoms with Crippen LogP contribution in [0.1, 0.15) is 32.8 Å². The van der Waals surface area contributed by atoms with Crippen molar-refractivity contribution in [2.45, 2.75) is 45.3 Å². The molecule has 1 saturated heterocycles. The Morgan fingerprint density at radius 3 is 2.80 bits per heavy atom. The maximum Gasteiger partial charge on any atom is 0.146 e. The molecule has 0 spiro atoms. The Kier molecular flexibility index (Phi) is 4.66. The molecule has 1 atom stereocenters. The van der Waals surface area contributed by atoms with E-state index in [1.165, 1.54) is 0 Å². The molecule has 1 aromatic carbocycles. The van der Waals surface area contributed by atoms with E-state index in [2.05, 4.69) is 4.90 Å². The highest BCUT2D eigenvalue weighted by Crippen LogP contribution is 2.26. The van der Waals surface area contributed by atoms with E-state index in [-0.39, 0.29) is 17.5 Å². The molecule has 2 rings (SSSR count). The van der Waals surface area contributed by atoms with Gasteiger partial charge in [-0.25, -0.2) is 4.39 Å². The zero-order valence-electron chi connectivity index (χ0n) is 12.7. The monoisotopic (exact) mass is 280 g/mol. The van der Waals surface area contributed by atoms with Crippen LogP contribution in [0, 0.1) is 5.82 Å². The molecule has 4 heteroatoms. The smallest absolute Gasteiger partial charge is 0.146 e. The van der Waals surface area contributed by atoms with Crippen molar-refractivity contribution in [2.75, 3.05) is 24.6 Å². The summed E-state index contributed by atoms with van der Waals surface area (Å²) in [6.45, 7) is 8.18. The van der Waals surface area contributed by atoms with E-state index < -0.39 is 0 Å². The molecule has 2 N–H and O–H groups in total. The van der Waals surface area contributed by atoms with Gasteiger partial charge in [-0.05, 0) is 44.4 Å². The SMILES string of the molecule is CCC(N)Cc1ccc(N2CCOC(C)(C)C2)c(F)c1. The van der Waals surface area contributed by atoms with Crippen molar-refractivity contribution in [3.05, 3.63) is 29.6 Å². The number of nitrogens with zero attached hydrogens (tertiary/aromatic N) is 1. The Morgan fingerprint density at radius 1 is 1.45 bits per heavy atom. The van der Waals surface area contributed by atoms with Gasteiger partial charge in [0.25, 0.3) is 0 Å². The molecule has 0 radical (unpaired) electrons. The number of nitrogens with two attached hydrogens (primary N) is 1. The van der Waals surface area contributed by atoms with Gasteiger partial charge >= 0.3 is 0 Å². The van der Waals surface area contributed by atoms with Crippen molar-refractivity contribution < 1.29 is 9.13 Å². The first-order valence-electron chi connectivity index (χ1n) is 7.34. The largest absolute Gasteiger partial charge is 0.372 e. The van der Waals surface area contributed by atoms with Gasteiger partial charge in [0.05, 0.1) is 17.9 Å². The minimum atomic E-state index is -0.228. The summed E-state index contributed by atoms with van der Waals surface area (Å²) in [5.41, 5.74) is 7.32. The van der Waals surface area contributed by atoms with Crippen molar-refractivity contribution in [1.29, 1.82) is 0 Å². The number of halogens is 1. The van der Waals surface area contributed by atoms with Gasteiger partial charge in [0.1, 0.15) is 5.82 Å². The molecule has 1 aromatic rings. The Balaban J connectivity index is 2.13. The molecule has 112 valence electrons. The fourth-order valence-electron chi connectivity index (χ4n) is 2.60. The minimum absolute atomic E-state index is 0.0996. The molecule has 1 aliphatic rings. The Bertz CT molecular complexity index is 462. The van der Waals surface area contributed by atoms with Crippen molar-refractivity contribution in [3.8, 4) is 0 Å². The number of anilines is 1. The van der Waals surface area contributed by atoms with E-state index in [0.29, 0.717) is 18.8 Å². The maximum atomic E-state index is 14.3. The first-order valence-corrected chi connectivity index (χ1v) is 7.34. The average Bonchev–Trinajstić information content (AvgIpc) is 2.37. The molecular weight excluding hydrogens is 255 g/mol. The van der Waals surface area contributed by atoms with Crippen LogP contribution < -0.4 is 10.6 Å². The van der Waals surface area contributed by atoms with Crippen molar-refractivity contribution in [3.63, 3.8) is 0 Å². The summed E-state index contributed by atoms with van der Waals surface area (Å²) in [5.74, 6) is -0.163. The van der Waals surface area contributed by atoms with Gasteiger partial charge in [0, 0.05) is 19.1 Å². The minimum Gasteiger partial charge on any atom is -0.372 e. The highest BCUT2D eigenvalue weighted by atomic mass is 19.1. The van der Waals surface area contributed by atoms with E-state index in [1.807, 2.05) is 32.9 Å². The Labute approximate surface area is 120 Å². The molecule has 0 aliphatic carbocycles. The molecule has 1 heterocycles. The molecule has 20 heavy (non-hydrogen) atoms. The fourth-order valence-corrected chi connectivity index (χ4v) is 2.60. The second-order valence-corrected chi connectivity index (χ2v) is 6.19. The predicted molar refractivity (Wildman–Crippen MR) is 80.6 cm³/mol. The third-order valence-electron chi connectivity index (χ3n) is 3.80. The van der Waals surface area contributed by atoms with Gasteiger partial charge in [-0.15, -0.1) is 0 Å². The average molecular weight is 280 g/mol. The molecule has 0 saturated carbocycles. The second kappa shape index (κ2) is 6.10. The van der Waals surface area contributed by atoms with Crippen LogP contribution in [-0.4, -0.2) is 31.3 Å². The van der Waals surface area contributed by atoms with Crippen LogP contribution in [-0.2, 0) is 11.2 Å². The lowest BCUT2D eigenvalue weighted by Crippen LogP contribution is -2.48. The van der Waals surface area contributed by atoms with Crippen LogP contribution in [0.3, 0.4) is 0 Å². The lowest BCUT2D eigenvalue weighted by atomic mass is 10.0. The topological polar surface area (TPSA) is 38.5 Å². The first kappa shape index (κ1) is 15.3. The summed E-state index contributed by atoms with van der Waals surface area (Å²) in [7, 11) is 0. The fraction of sp³-hybridized carbons (Fsp3) is 0.625. The van der Waals surface area contributed by atoms with Gasteiger partial charge in [0.15, 0.2) is 0 Å². The molecule has 0 amide bonds. The summed E-state index contributed by atoms with van der Waals surface area (Å²) in [5, 5.41) is 0. The van der Waals surface area contributed by atoms with Crippen LogP contribution in [0.2, 0.25) is 0 Å². The molecule has 0 bridgehead atoms. The third-order valence-corrected chi connectivity index (χ3v) is 3.80. The number of morpholine rings is 1. The summed E-state index contributed by atoms with van der Waals surface area (Å²) in [6, 6.07) is 5.57. The molecule has 1 aliphatic heterocycles. The summed E-state index contributed by atoms with van der Waals surface area (Å²) in [4.78, 5) is 2.06. The van der Waals surface area contributed by atoms with Gasteiger partial charge in [-0.2, -0.15) is 0 Å². The van der Waals surface area contributed by atoms with E-state index in [9.17, 15) is 4.39 Å². The van der Waals surface area contributed by atoms with Gasteiger partial charge in [0.2, 0.25) is 0 Å². The Hall–Kier alpha value is -1.13. The lowest BCUT2D eigenvalue weighted by molar-refractivity contribution is -0.0278. The molecule has 0 aromatic heterocycles. The molecule has 3 nitrogen and oxygen atoms in total. The van der Waals surface area contributed by atoms with E-state index in [0.717, 1.165) is 24.9 Å². The van der Waals surface area contributed by atoms with Crippen LogP contribution in [0.15, 0.2) is 18.2 Å². The van der Waals surface area contributed by atoms with Crippen molar-refractivity contribution >= 4 is 5.69 Å². The third kappa shape index (κ3) is 3.70. The zero-order valence-corrected chi connectivity index (χ0v) is 12.7. The summed E-state index contributed by atoms with van der Waals surface area (Å²) >= 11 is 0. The van der Waals surface area contributed by atoms with Gasteiger partial charge in [-0.1, -0.05) is 13.0 Å². The lowest BCUT2D eigenvalue weighted by Gasteiger charge is -2.39. The van der Waals surface area contributed by atoms with Crippen LogP contribution >= 0.6 is 0 Å². The normalized spacial score (nSPS) is 19.9. The van der Waals surface area contributed by atoms with Crippen LogP contribution in [0.4, 0.5) is 10.1 Å². The highest BCUT2D eigenvalue weighted by molar-refractivity contribution is 5.50. The first-order chi connectivity index (χ1) is 9.41. The second-order valence-electron chi connectivity index (χ2n) is 6.19.